The van der Waals surface area contributed by atoms with Crippen LogP contribution in [0.25, 0.3) is 0 Å². The molecule has 200 valence electrons. The predicted molar refractivity (Wildman–Crippen MR) is 139 cm³/mol. The van der Waals surface area contributed by atoms with Crippen LogP contribution in [0, 0.1) is 0 Å². The first-order valence-corrected chi connectivity index (χ1v) is 13.9. The number of hydrogen-bond donors (Lipinski definition) is 2. The Morgan fingerprint density at radius 1 is 0.706 bits per heavy atom. The van der Waals surface area contributed by atoms with Gasteiger partial charge in [-0.3, -0.25) is 19.5 Å². The van der Waals surface area contributed by atoms with Gasteiger partial charge in [0.25, 0.3) is 0 Å². The van der Waals surface area contributed by atoms with Gasteiger partial charge >= 0.3 is 5.97 Å². The van der Waals surface area contributed by atoms with Crippen LogP contribution in [0.4, 0.5) is 0 Å². The van der Waals surface area contributed by atoms with Crippen LogP contribution in [0.3, 0.4) is 0 Å². The number of allylic oxidation sites excluding steroid dienone is 2. The van der Waals surface area contributed by atoms with Crippen molar-refractivity contribution < 1.29 is 19.7 Å². The summed E-state index contributed by atoms with van der Waals surface area (Å²) < 4.78 is 5.43. The zero-order chi connectivity index (χ0) is 24.7. The Bertz CT molecular complexity index is 490. The van der Waals surface area contributed by atoms with Crippen LogP contribution in [-0.4, -0.2) is 90.3 Å². The van der Waals surface area contributed by atoms with E-state index in [0.717, 1.165) is 32.8 Å². The number of β-amino-alcohol motifs (C(OH)–C–C–N with tert-alkyl or cyclic N) is 2. The van der Waals surface area contributed by atoms with Crippen molar-refractivity contribution in [3.05, 3.63) is 12.2 Å². The molecule has 0 radical (unpaired) electrons. The molecular weight excluding hydrogens is 430 g/mol. The molecule has 0 aromatic carbocycles. The molecule has 0 aromatic heterocycles. The molecule has 0 unspecified atom stereocenters. The fourth-order valence-electron chi connectivity index (χ4n) is 4.39. The van der Waals surface area contributed by atoms with E-state index in [1.165, 1.54) is 70.6 Å². The molecule has 0 atom stereocenters. The lowest BCUT2D eigenvalue weighted by atomic mass is 10.1. The minimum atomic E-state index is -0.103. The maximum atomic E-state index is 12.0. The van der Waals surface area contributed by atoms with Gasteiger partial charge in [-0.2, -0.15) is 0 Å². The second-order valence-corrected chi connectivity index (χ2v) is 9.61. The van der Waals surface area contributed by atoms with Gasteiger partial charge < -0.3 is 14.9 Å². The van der Waals surface area contributed by atoms with E-state index in [-0.39, 0.29) is 19.2 Å². The summed E-state index contributed by atoms with van der Waals surface area (Å²) in [6, 6.07) is 0. The number of esters is 1. The molecule has 0 bridgehead atoms. The Labute approximate surface area is 209 Å². The van der Waals surface area contributed by atoms with Crippen molar-refractivity contribution in [3.8, 4) is 0 Å². The molecule has 1 heterocycles. The fraction of sp³-hybridized carbons (Fsp3) is 0.889. The van der Waals surface area contributed by atoms with E-state index in [1.54, 1.807) is 0 Å². The maximum Gasteiger partial charge on any atom is 0.305 e. The minimum absolute atomic E-state index is 0.103. The van der Waals surface area contributed by atoms with Gasteiger partial charge in [0.1, 0.15) is 6.61 Å². The lowest BCUT2D eigenvalue weighted by molar-refractivity contribution is -0.145. The molecule has 1 aliphatic heterocycles. The van der Waals surface area contributed by atoms with Crippen molar-refractivity contribution in [2.75, 3.05) is 59.5 Å². The molecule has 1 rings (SSSR count). The van der Waals surface area contributed by atoms with Gasteiger partial charge in [-0.1, -0.05) is 70.4 Å². The zero-order valence-electron chi connectivity index (χ0n) is 22.0. The molecule has 0 saturated carbocycles. The van der Waals surface area contributed by atoms with Crippen LogP contribution < -0.4 is 0 Å². The number of ether oxygens (including phenoxy) is 1. The SMILES string of the molecule is CCCCCCCC/C=C\CCCCCCCC(=O)OCCN1CN(CCO)CN(CCO)C1. The summed E-state index contributed by atoms with van der Waals surface area (Å²) in [5.41, 5.74) is 0. The third kappa shape index (κ3) is 17.4. The van der Waals surface area contributed by atoms with E-state index >= 15 is 0 Å². The van der Waals surface area contributed by atoms with Crippen LogP contribution in [0.2, 0.25) is 0 Å². The Kier molecular flexibility index (Phi) is 20.5. The van der Waals surface area contributed by atoms with E-state index in [2.05, 4.69) is 33.8 Å². The third-order valence-electron chi connectivity index (χ3n) is 6.35. The van der Waals surface area contributed by atoms with Crippen LogP contribution in [-0.2, 0) is 9.53 Å². The number of aliphatic hydroxyl groups excluding tert-OH is 2. The highest BCUT2D eigenvalue weighted by molar-refractivity contribution is 5.69. The number of carbonyl (C=O) groups is 1. The minimum Gasteiger partial charge on any atom is -0.464 e. The molecule has 1 fully saturated rings. The molecule has 1 aliphatic rings. The topological polar surface area (TPSA) is 76.5 Å². The molecule has 7 heteroatoms. The first kappa shape index (κ1) is 31.0. The van der Waals surface area contributed by atoms with Crippen molar-refractivity contribution in [2.45, 2.75) is 96.8 Å². The number of hydrogen-bond acceptors (Lipinski definition) is 7. The number of rotatable bonds is 22. The summed E-state index contributed by atoms with van der Waals surface area (Å²) in [6.45, 7) is 7.00. The van der Waals surface area contributed by atoms with Gasteiger partial charge in [0.15, 0.2) is 0 Å². The number of nitrogens with zero attached hydrogens (tertiary/aromatic N) is 3. The predicted octanol–water partition coefficient (Wildman–Crippen LogP) is 4.34. The number of unbranched alkanes of at least 4 members (excludes halogenated alkanes) is 11. The smallest absolute Gasteiger partial charge is 0.305 e. The highest BCUT2D eigenvalue weighted by Crippen LogP contribution is 2.11. The van der Waals surface area contributed by atoms with Gasteiger partial charge in [-0.15, -0.1) is 0 Å². The first-order valence-electron chi connectivity index (χ1n) is 13.9. The van der Waals surface area contributed by atoms with Crippen LogP contribution in [0.15, 0.2) is 12.2 Å². The quantitative estimate of drug-likeness (QED) is 0.135. The molecule has 0 spiro atoms. The Morgan fingerprint density at radius 2 is 1.18 bits per heavy atom. The molecule has 0 aliphatic carbocycles. The Hall–Kier alpha value is -0.990. The van der Waals surface area contributed by atoms with Gasteiger partial charge in [-0.25, -0.2) is 0 Å². The Morgan fingerprint density at radius 3 is 1.71 bits per heavy atom. The van der Waals surface area contributed by atoms with Gasteiger partial charge in [0.2, 0.25) is 0 Å². The average molecular weight is 484 g/mol. The normalized spacial score (nSPS) is 16.0. The van der Waals surface area contributed by atoms with Gasteiger partial charge in [0.05, 0.1) is 33.2 Å². The Balaban J connectivity index is 1.94. The summed E-state index contributed by atoms with van der Waals surface area (Å²) >= 11 is 0. The summed E-state index contributed by atoms with van der Waals surface area (Å²) in [5.74, 6) is -0.103. The van der Waals surface area contributed by atoms with Gasteiger partial charge in [0, 0.05) is 26.1 Å². The van der Waals surface area contributed by atoms with E-state index in [0.29, 0.717) is 32.7 Å². The fourth-order valence-corrected chi connectivity index (χ4v) is 4.39. The monoisotopic (exact) mass is 483 g/mol. The van der Waals surface area contributed by atoms with Crippen LogP contribution in [0.1, 0.15) is 96.8 Å². The lowest BCUT2D eigenvalue weighted by Gasteiger charge is -2.41. The van der Waals surface area contributed by atoms with Crippen molar-refractivity contribution in [1.29, 1.82) is 0 Å². The highest BCUT2D eigenvalue weighted by Gasteiger charge is 2.22. The average Bonchev–Trinajstić information content (AvgIpc) is 2.82. The zero-order valence-corrected chi connectivity index (χ0v) is 22.0. The van der Waals surface area contributed by atoms with Crippen LogP contribution in [0.5, 0.6) is 0 Å². The molecule has 1 saturated heterocycles. The molecule has 0 amide bonds. The molecule has 34 heavy (non-hydrogen) atoms. The molecular formula is C27H53N3O4. The molecule has 2 N–H and O–H groups in total. The largest absolute Gasteiger partial charge is 0.464 e. The highest BCUT2D eigenvalue weighted by atomic mass is 16.5. The van der Waals surface area contributed by atoms with E-state index in [4.69, 9.17) is 4.74 Å². The summed E-state index contributed by atoms with van der Waals surface area (Å²) in [6.07, 6.45) is 21.5. The van der Waals surface area contributed by atoms with E-state index in [1.807, 2.05) is 0 Å². The standard InChI is InChI=1S/C27H53N3O4/c1-2-3-4-5-6-7-8-9-10-11-12-13-14-15-16-17-27(33)34-23-20-30-25-28(18-21-31)24-29(26-30)19-22-32/h9-10,31-32H,2-8,11-26H2,1H3/b10-9-. The molecule has 0 aromatic rings. The first-order chi connectivity index (χ1) is 16.7. The molecule has 7 nitrogen and oxygen atoms in total. The second kappa shape index (κ2) is 22.5. The lowest BCUT2D eigenvalue weighted by Crippen LogP contribution is -2.56. The van der Waals surface area contributed by atoms with Gasteiger partial charge in [-0.05, 0) is 32.1 Å². The van der Waals surface area contributed by atoms with Crippen molar-refractivity contribution >= 4 is 5.97 Å². The van der Waals surface area contributed by atoms with E-state index < -0.39 is 0 Å². The van der Waals surface area contributed by atoms with Crippen molar-refractivity contribution in [2.24, 2.45) is 0 Å². The summed E-state index contributed by atoms with van der Waals surface area (Å²) in [5, 5.41) is 18.4. The van der Waals surface area contributed by atoms with E-state index in [9.17, 15) is 15.0 Å². The maximum absolute atomic E-state index is 12.0. The van der Waals surface area contributed by atoms with Crippen molar-refractivity contribution in [3.63, 3.8) is 0 Å². The second-order valence-electron chi connectivity index (χ2n) is 9.61. The van der Waals surface area contributed by atoms with Crippen LogP contribution >= 0.6 is 0 Å². The third-order valence-corrected chi connectivity index (χ3v) is 6.35. The summed E-state index contributed by atoms with van der Waals surface area (Å²) in [7, 11) is 0. The summed E-state index contributed by atoms with van der Waals surface area (Å²) in [4.78, 5) is 18.5. The number of aliphatic hydroxyl groups is 2. The number of carbonyl (C=O) groups excluding carboxylic acids is 1. The van der Waals surface area contributed by atoms with Crippen molar-refractivity contribution in [1.82, 2.24) is 14.7 Å².